The average molecular weight is 101 g/mol. The first-order valence-electron chi connectivity index (χ1n) is 2.71. The Bertz CT molecular complexity index is 23.0. The van der Waals surface area contributed by atoms with Gasteiger partial charge in [0.1, 0.15) is 0 Å². The molecule has 1 N–H and O–H groups in total. The monoisotopic (exact) mass is 101 g/mol. The van der Waals surface area contributed by atoms with E-state index in [1.165, 1.54) is 19.1 Å². The molecule has 0 aromatic heterocycles. The van der Waals surface area contributed by atoms with Crippen LogP contribution >= 0.6 is 0 Å². The van der Waals surface area contributed by atoms with Crippen molar-refractivity contribution in [1.82, 2.24) is 5.32 Å². The first kappa shape index (κ1) is 4.34. The van der Waals surface area contributed by atoms with Crippen LogP contribution in [0.4, 0.5) is 0 Å². The SMILES string of the molecule is C1CNC[SiH2]C1. The van der Waals surface area contributed by atoms with E-state index in [9.17, 15) is 0 Å². The van der Waals surface area contributed by atoms with Crippen molar-refractivity contribution in [1.29, 1.82) is 0 Å². The third kappa shape index (κ3) is 1.10. The van der Waals surface area contributed by atoms with Crippen molar-refractivity contribution in [2.45, 2.75) is 12.5 Å². The number of hydrogen-bond donors (Lipinski definition) is 1. The van der Waals surface area contributed by atoms with Crippen molar-refractivity contribution in [2.24, 2.45) is 0 Å². The van der Waals surface area contributed by atoms with Gasteiger partial charge in [0.2, 0.25) is 0 Å². The summed E-state index contributed by atoms with van der Waals surface area (Å²) in [5.74, 6) is 0. The predicted molar refractivity (Wildman–Crippen MR) is 30.8 cm³/mol. The molecule has 0 saturated carbocycles. The molecule has 6 heavy (non-hydrogen) atoms. The summed E-state index contributed by atoms with van der Waals surface area (Å²) in [5.41, 5.74) is 0. The lowest BCUT2D eigenvalue weighted by Gasteiger charge is -2.08. The molecule has 36 valence electrons. The second-order valence-corrected chi connectivity index (χ2v) is 3.72. The summed E-state index contributed by atoms with van der Waals surface area (Å²) in [7, 11) is 0.397. The lowest BCUT2D eigenvalue weighted by molar-refractivity contribution is 0.715. The number of rotatable bonds is 0. The fourth-order valence-corrected chi connectivity index (χ4v) is 2.16. The zero-order valence-electron chi connectivity index (χ0n) is 4.04. The minimum Gasteiger partial charge on any atom is -0.320 e. The van der Waals surface area contributed by atoms with Gasteiger partial charge < -0.3 is 5.32 Å². The van der Waals surface area contributed by atoms with E-state index in [-0.39, 0.29) is 0 Å². The maximum Gasteiger partial charge on any atom is 0.0366 e. The molecular formula is C4H11NSi. The maximum absolute atomic E-state index is 3.35. The molecule has 0 aliphatic carbocycles. The largest absolute Gasteiger partial charge is 0.320 e. The first-order chi connectivity index (χ1) is 3.00. The Balaban J connectivity index is 2.00. The van der Waals surface area contributed by atoms with E-state index < -0.39 is 0 Å². The molecule has 0 spiro atoms. The molecule has 0 unspecified atom stereocenters. The molecular weight excluding hydrogens is 90.1 g/mol. The van der Waals surface area contributed by atoms with E-state index in [4.69, 9.17) is 0 Å². The fraction of sp³-hybridized carbons (Fsp3) is 1.00. The van der Waals surface area contributed by atoms with Crippen LogP contribution in [-0.4, -0.2) is 22.2 Å². The summed E-state index contributed by atoms with van der Waals surface area (Å²) < 4.78 is 0. The average Bonchev–Trinajstić information content (AvgIpc) is 1.72. The molecule has 1 aliphatic rings. The van der Waals surface area contributed by atoms with Crippen LogP contribution in [-0.2, 0) is 0 Å². The van der Waals surface area contributed by atoms with Crippen molar-refractivity contribution in [3.63, 3.8) is 0 Å². The van der Waals surface area contributed by atoms with Crippen LogP contribution in [0.25, 0.3) is 0 Å². The summed E-state index contributed by atoms with van der Waals surface area (Å²) in [5, 5.41) is 3.35. The van der Waals surface area contributed by atoms with E-state index in [2.05, 4.69) is 5.32 Å². The Labute approximate surface area is 41.0 Å². The lowest BCUT2D eigenvalue weighted by Crippen LogP contribution is -2.26. The smallest absolute Gasteiger partial charge is 0.0366 e. The summed E-state index contributed by atoms with van der Waals surface area (Å²) in [6.45, 7) is 1.28. The number of hydrogen-bond acceptors (Lipinski definition) is 1. The predicted octanol–water partition coefficient (Wildman–Crippen LogP) is -0.476. The quantitative estimate of drug-likeness (QED) is 0.407. The third-order valence-corrected chi connectivity index (χ3v) is 2.91. The van der Waals surface area contributed by atoms with Crippen molar-refractivity contribution < 1.29 is 0 Å². The molecule has 0 amide bonds. The van der Waals surface area contributed by atoms with Gasteiger partial charge in [-0.1, -0.05) is 6.04 Å². The Morgan fingerprint density at radius 3 is 2.67 bits per heavy atom. The molecule has 1 fully saturated rings. The van der Waals surface area contributed by atoms with Crippen LogP contribution < -0.4 is 5.32 Å². The summed E-state index contributed by atoms with van der Waals surface area (Å²) in [6, 6.07) is 1.58. The molecule has 0 radical (unpaired) electrons. The van der Waals surface area contributed by atoms with Crippen LogP contribution in [0.2, 0.25) is 6.04 Å². The minimum atomic E-state index is 0.397. The van der Waals surface area contributed by atoms with Gasteiger partial charge in [-0.05, 0) is 19.1 Å². The van der Waals surface area contributed by atoms with Crippen molar-refractivity contribution in [3.05, 3.63) is 0 Å². The van der Waals surface area contributed by atoms with Crippen LogP contribution in [0.5, 0.6) is 0 Å². The van der Waals surface area contributed by atoms with E-state index >= 15 is 0 Å². The van der Waals surface area contributed by atoms with Crippen molar-refractivity contribution in [3.8, 4) is 0 Å². The zero-order chi connectivity index (χ0) is 4.24. The van der Waals surface area contributed by atoms with Crippen LogP contribution in [0.3, 0.4) is 0 Å². The summed E-state index contributed by atoms with van der Waals surface area (Å²) in [4.78, 5) is 0. The van der Waals surface area contributed by atoms with E-state index in [0.717, 1.165) is 0 Å². The van der Waals surface area contributed by atoms with E-state index in [0.29, 0.717) is 9.52 Å². The highest BCUT2D eigenvalue weighted by Crippen LogP contribution is 1.89. The standard InChI is InChI=1S/C4H11NSi/c1-2-5-4-6-3-1/h5H,1-4,6H2. The second kappa shape index (κ2) is 2.37. The Morgan fingerprint density at radius 2 is 2.50 bits per heavy atom. The van der Waals surface area contributed by atoms with Crippen molar-refractivity contribution in [2.75, 3.05) is 12.7 Å². The number of nitrogens with one attached hydrogen (secondary N) is 1. The highest BCUT2D eigenvalue weighted by molar-refractivity contribution is 6.35. The van der Waals surface area contributed by atoms with Gasteiger partial charge in [-0.15, -0.1) is 0 Å². The topological polar surface area (TPSA) is 12.0 Å². The molecule has 0 bridgehead atoms. The van der Waals surface area contributed by atoms with Crippen LogP contribution in [0.1, 0.15) is 6.42 Å². The third-order valence-electron chi connectivity index (χ3n) is 1.21. The lowest BCUT2D eigenvalue weighted by atomic mass is 10.5. The van der Waals surface area contributed by atoms with E-state index in [1.807, 2.05) is 0 Å². The van der Waals surface area contributed by atoms with Gasteiger partial charge in [0.05, 0.1) is 0 Å². The Kier molecular flexibility index (Phi) is 1.71. The van der Waals surface area contributed by atoms with Gasteiger partial charge in [-0.3, -0.25) is 0 Å². The highest BCUT2D eigenvalue weighted by Gasteiger charge is 1.94. The van der Waals surface area contributed by atoms with Crippen molar-refractivity contribution >= 4 is 9.52 Å². The highest BCUT2D eigenvalue weighted by atomic mass is 28.2. The molecule has 2 heteroatoms. The molecule has 1 rings (SSSR count). The molecule has 1 heterocycles. The van der Waals surface area contributed by atoms with Gasteiger partial charge in [0, 0.05) is 9.52 Å². The molecule has 0 aromatic rings. The molecule has 1 aliphatic heterocycles. The Morgan fingerprint density at radius 1 is 1.50 bits per heavy atom. The maximum atomic E-state index is 3.35. The van der Waals surface area contributed by atoms with Gasteiger partial charge >= 0.3 is 0 Å². The minimum absolute atomic E-state index is 0.397. The van der Waals surface area contributed by atoms with Gasteiger partial charge in [-0.2, -0.15) is 0 Å². The fourth-order valence-electron chi connectivity index (χ4n) is 0.802. The normalized spacial score (nSPS) is 28.0. The van der Waals surface area contributed by atoms with Gasteiger partial charge in [0.25, 0.3) is 0 Å². The van der Waals surface area contributed by atoms with Gasteiger partial charge in [-0.25, -0.2) is 0 Å². The summed E-state index contributed by atoms with van der Waals surface area (Å²) in [6.07, 6.45) is 2.84. The zero-order valence-corrected chi connectivity index (χ0v) is 5.45. The molecule has 0 aromatic carbocycles. The van der Waals surface area contributed by atoms with Crippen LogP contribution in [0.15, 0.2) is 0 Å². The Hall–Kier alpha value is 0.177. The molecule has 1 saturated heterocycles. The van der Waals surface area contributed by atoms with Crippen LogP contribution in [0, 0.1) is 0 Å². The van der Waals surface area contributed by atoms with E-state index in [1.54, 1.807) is 6.04 Å². The molecule has 0 atom stereocenters. The first-order valence-corrected chi connectivity index (χ1v) is 4.71. The van der Waals surface area contributed by atoms with Gasteiger partial charge in [0.15, 0.2) is 0 Å². The molecule has 1 nitrogen and oxygen atoms in total. The second-order valence-electron chi connectivity index (χ2n) is 1.81. The summed E-state index contributed by atoms with van der Waals surface area (Å²) >= 11 is 0.